The molecule has 0 radical (unpaired) electrons. The number of carbonyl (C=O) groups excluding carboxylic acids is 1. The van der Waals surface area contributed by atoms with Crippen molar-refractivity contribution >= 4 is 5.78 Å². The van der Waals surface area contributed by atoms with E-state index >= 15 is 0 Å². The summed E-state index contributed by atoms with van der Waals surface area (Å²) < 4.78 is 0. The van der Waals surface area contributed by atoms with Crippen LogP contribution in [0.3, 0.4) is 0 Å². The number of ketones is 1. The van der Waals surface area contributed by atoms with Crippen LogP contribution in [0.5, 0.6) is 0 Å². The first kappa shape index (κ1) is 7.32. The van der Waals surface area contributed by atoms with Gasteiger partial charge in [-0.1, -0.05) is 0 Å². The van der Waals surface area contributed by atoms with Gasteiger partial charge in [0.25, 0.3) is 0 Å². The molecular formula is C8H13NO. The molecule has 10 heavy (non-hydrogen) atoms. The van der Waals surface area contributed by atoms with Gasteiger partial charge in [-0.25, -0.2) is 0 Å². The van der Waals surface area contributed by atoms with Gasteiger partial charge in [0.1, 0.15) is 5.78 Å². The molecule has 1 unspecified atom stereocenters. The quantitative estimate of drug-likeness (QED) is 0.589. The van der Waals surface area contributed by atoms with Gasteiger partial charge in [0.15, 0.2) is 0 Å². The highest BCUT2D eigenvalue weighted by atomic mass is 16.1. The molecule has 0 saturated carbocycles. The minimum absolute atomic E-state index is 0.139. The first-order chi connectivity index (χ1) is 4.63. The van der Waals surface area contributed by atoms with Crippen molar-refractivity contribution in [1.82, 2.24) is 5.32 Å². The van der Waals surface area contributed by atoms with E-state index in [0.717, 1.165) is 6.54 Å². The van der Waals surface area contributed by atoms with E-state index in [-0.39, 0.29) is 11.7 Å². The van der Waals surface area contributed by atoms with Crippen molar-refractivity contribution in [2.24, 2.45) is 5.92 Å². The summed E-state index contributed by atoms with van der Waals surface area (Å²) in [6.07, 6.45) is 0. The molecule has 1 heterocycles. The molecule has 1 N–H and O–H groups in total. The summed E-state index contributed by atoms with van der Waals surface area (Å²) >= 11 is 0. The average molecular weight is 139 g/mol. The fourth-order valence-electron chi connectivity index (χ4n) is 1.26. The van der Waals surface area contributed by atoms with Gasteiger partial charge in [-0.3, -0.25) is 4.79 Å². The van der Waals surface area contributed by atoms with Gasteiger partial charge in [0.05, 0.1) is 5.92 Å². The highest BCUT2D eigenvalue weighted by Gasteiger charge is 2.22. The number of hydrogen-bond acceptors (Lipinski definition) is 2. The molecular weight excluding hydrogens is 126 g/mol. The molecule has 0 aromatic heterocycles. The van der Waals surface area contributed by atoms with Crippen molar-refractivity contribution in [1.29, 1.82) is 0 Å². The number of nitrogens with one attached hydrogen (secondary N) is 1. The highest BCUT2D eigenvalue weighted by Crippen LogP contribution is 2.19. The van der Waals surface area contributed by atoms with Crippen LogP contribution in [0, 0.1) is 5.92 Å². The van der Waals surface area contributed by atoms with E-state index in [1.807, 2.05) is 13.8 Å². The molecule has 0 aromatic carbocycles. The molecule has 1 aliphatic heterocycles. The van der Waals surface area contributed by atoms with Crippen LogP contribution in [0.4, 0.5) is 0 Å². The van der Waals surface area contributed by atoms with E-state index in [4.69, 9.17) is 0 Å². The van der Waals surface area contributed by atoms with E-state index in [0.29, 0.717) is 0 Å². The summed E-state index contributed by atoms with van der Waals surface area (Å²) in [5, 5.41) is 3.16. The lowest BCUT2D eigenvalue weighted by Gasteiger charge is -2.03. The van der Waals surface area contributed by atoms with Crippen molar-refractivity contribution in [3.63, 3.8) is 0 Å². The second-order valence-electron chi connectivity index (χ2n) is 2.85. The molecule has 56 valence electrons. The fraction of sp³-hybridized carbons (Fsp3) is 0.625. The molecule has 1 atom stereocenters. The van der Waals surface area contributed by atoms with Crippen LogP contribution in [0.25, 0.3) is 0 Å². The normalized spacial score (nSPS) is 24.9. The Morgan fingerprint density at radius 1 is 1.60 bits per heavy atom. The minimum Gasteiger partial charge on any atom is -0.388 e. The van der Waals surface area contributed by atoms with Crippen molar-refractivity contribution in [2.75, 3.05) is 6.54 Å². The number of Topliss-reactive ketones (excluding diaryl/α,β-unsaturated/α-hetero) is 1. The number of allylic oxidation sites excluding steroid dienone is 1. The Kier molecular flexibility index (Phi) is 1.79. The third kappa shape index (κ3) is 1.06. The first-order valence-corrected chi connectivity index (χ1v) is 3.54. The maximum atomic E-state index is 10.9. The third-order valence-corrected chi connectivity index (χ3v) is 2.18. The average Bonchev–Trinajstić information content (AvgIpc) is 2.14. The van der Waals surface area contributed by atoms with E-state index in [9.17, 15) is 4.79 Å². The molecule has 1 aliphatic rings. The van der Waals surface area contributed by atoms with E-state index in [1.54, 1.807) is 6.92 Å². The van der Waals surface area contributed by atoms with Crippen LogP contribution < -0.4 is 5.32 Å². The van der Waals surface area contributed by atoms with Gasteiger partial charge in [-0.15, -0.1) is 0 Å². The number of hydrogen-bond donors (Lipinski definition) is 1. The Labute approximate surface area is 61.3 Å². The zero-order valence-electron chi connectivity index (χ0n) is 6.69. The summed E-state index contributed by atoms with van der Waals surface area (Å²) in [5.41, 5.74) is 2.37. The molecule has 0 aliphatic carbocycles. The van der Waals surface area contributed by atoms with Gasteiger partial charge in [-0.05, 0) is 26.3 Å². The smallest absolute Gasteiger partial charge is 0.138 e. The third-order valence-electron chi connectivity index (χ3n) is 2.18. The Balaban J connectivity index is 2.77. The summed E-state index contributed by atoms with van der Waals surface area (Å²) in [6.45, 7) is 6.47. The van der Waals surface area contributed by atoms with Crippen LogP contribution >= 0.6 is 0 Å². The summed E-state index contributed by atoms with van der Waals surface area (Å²) in [4.78, 5) is 10.9. The van der Waals surface area contributed by atoms with Crippen LogP contribution in [-0.4, -0.2) is 12.3 Å². The lowest BCUT2D eigenvalue weighted by Crippen LogP contribution is -2.17. The standard InChI is InChI=1S/C8H13NO/c1-5-6(2)9-4-8(5)7(3)10/h8-9H,4H2,1-3H3. The van der Waals surface area contributed by atoms with Crippen molar-refractivity contribution in [3.05, 3.63) is 11.3 Å². The van der Waals surface area contributed by atoms with E-state index in [2.05, 4.69) is 5.32 Å². The second kappa shape index (κ2) is 2.45. The SMILES string of the molecule is CC(=O)C1CNC(C)=C1C. The Hall–Kier alpha value is -0.790. The fourth-order valence-corrected chi connectivity index (χ4v) is 1.26. The van der Waals surface area contributed by atoms with Crippen molar-refractivity contribution in [2.45, 2.75) is 20.8 Å². The zero-order chi connectivity index (χ0) is 7.72. The van der Waals surface area contributed by atoms with E-state index in [1.165, 1.54) is 11.3 Å². The first-order valence-electron chi connectivity index (χ1n) is 3.54. The predicted octanol–water partition coefficient (Wildman–Crippen LogP) is 1.09. The second-order valence-corrected chi connectivity index (χ2v) is 2.85. The summed E-state index contributed by atoms with van der Waals surface area (Å²) in [6, 6.07) is 0. The molecule has 2 nitrogen and oxygen atoms in total. The van der Waals surface area contributed by atoms with Gasteiger partial charge >= 0.3 is 0 Å². The van der Waals surface area contributed by atoms with Crippen LogP contribution in [-0.2, 0) is 4.79 Å². The maximum absolute atomic E-state index is 10.9. The molecule has 0 bridgehead atoms. The molecule has 0 aromatic rings. The maximum Gasteiger partial charge on any atom is 0.138 e. The van der Waals surface area contributed by atoms with Gasteiger partial charge < -0.3 is 5.32 Å². The van der Waals surface area contributed by atoms with Gasteiger partial charge in [-0.2, -0.15) is 0 Å². The number of rotatable bonds is 1. The lowest BCUT2D eigenvalue weighted by molar-refractivity contribution is -0.119. The number of carbonyl (C=O) groups is 1. The topological polar surface area (TPSA) is 29.1 Å². The van der Waals surface area contributed by atoms with E-state index < -0.39 is 0 Å². The largest absolute Gasteiger partial charge is 0.388 e. The molecule has 2 heteroatoms. The Morgan fingerprint density at radius 2 is 2.20 bits per heavy atom. The van der Waals surface area contributed by atoms with Crippen LogP contribution in [0.1, 0.15) is 20.8 Å². The lowest BCUT2D eigenvalue weighted by atomic mass is 9.99. The molecule has 0 spiro atoms. The van der Waals surface area contributed by atoms with Crippen LogP contribution in [0.15, 0.2) is 11.3 Å². The van der Waals surface area contributed by atoms with Crippen molar-refractivity contribution in [3.8, 4) is 0 Å². The Bertz CT molecular complexity index is 193. The summed E-state index contributed by atoms with van der Waals surface area (Å²) in [5.74, 6) is 0.404. The van der Waals surface area contributed by atoms with Crippen LogP contribution in [0.2, 0.25) is 0 Å². The summed E-state index contributed by atoms with van der Waals surface area (Å²) in [7, 11) is 0. The molecule has 0 amide bonds. The molecule has 1 rings (SSSR count). The van der Waals surface area contributed by atoms with Gasteiger partial charge in [0, 0.05) is 12.2 Å². The molecule has 0 fully saturated rings. The highest BCUT2D eigenvalue weighted by molar-refractivity contribution is 5.82. The van der Waals surface area contributed by atoms with Crippen molar-refractivity contribution < 1.29 is 4.79 Å². The Morgan fingerprint density at radius 3 is 2.40 bits per heavy atom. The zero-order valence-corrected chi connectivity index (χ0v) is 6.69. The minimum atomic E-state index is 0.139. The molecule has 0 saturated heterocycles. The monoisotopic (exact) mass is 139 g/mol. The van der Waals surface area contributed by atoms with Gasteiger partial charge in [0.2, 0.25) is 0 Å². The predicted molar refractivity (Wildman–Crippen MR) is 40.5 cm³/mol.